The second kappa shape index (κ2) is 11.7. The highest BCUT2D eigenvalue weighted by Gasteiger charge is 2.32. The topological polar surface area (TPSA) is 73.3 Å². The second-order valence-corrected chi connectivity index (χ2v) is 12.9. The summed E-state index contributed by atoms with van der Waals surface area (Å²) in [6, 6.07) is 22.0. The Morgan fingerprint density at radius 3 is 1.72 bits per heavy atom. The standard InChI is InChI=1S/C31H38N4O3S/c1-22-18-23(2)21-35(20-22)39(37,38)29-9-7-8-26(19-29)31(36)32-30(24-10-14-27(15-11-24)33(3)4)25-12-16-28(17-13-25)34(5)6/h7-17,19,22-23H,18,20-21H2,1-6H3/t22-,23-/m0/s1. The van der Waals surface area contributed by atoms with Crippen LogP contribution in [0.4, 0.5) is 11.4 Å². The number of hydrogen-bond donors (Lipinski definition) is 0. The molecule has 1 aliphatic heterocycles. The lowest BCUT2D eigenvalue weighted by molar-refractivity contribution is 0.100. The maximum Gasteiger partial charge on any atom is 0.277 e. The average molecular weight is 547 g/mol. The quantitative estimate of drug-likeness (QED) is 0.383. The van der Waals surface area contributed by atoms with Gasteiger partial charge in [-0.05, 0) is 60.7 Å². The number of hydrogen-bond acceptors (Lipinski definition) is 5. The van der Waals surface area contributed by atoms with Crippen molar-refractivity contribution >= 4 is 33.0 Å². The minimum absolute atomic E-state index is 0.122. The number of anilines is 2. The molecule has 0 N–H and O–H groups in total. The van der Waals surface area contributed by atoms with Gasteiger partial charge in [0.1, 0.15) is 0 Å². The highest BCUT2D eigenvalue weighted by atomic mass is 32.2. The number of benzene rings is 3. The third kappa shape index (κ3) is 6.57. The summed E-state index contributed by atoms with van der Waals surface area (Å²) in [5, 5.41) is 0. The second-order valence-electron chi connectivity index (χ2n) is 10.9. The van der Waals surface area contributed by atoms with Crippen molar-refractivity contribution in [2.45, 2.75) is 25.2 Å². The maximum absolute atomic E-state index is 13.5. The molecule has 1 amide bonds. The number of carbonyl (C=O) groups excluding carboxylic acids is 1. The number of nitrogens with zero attached hydrogens (tertiary/aromatic N) is 4. The first-order valence-corrected chi connectivity index (χ1v) is 14.7. The number of rotatable bonds is 7. The van der Waals surface area contributed by atoms with E-state index in [2.05, 4.69) is 18.8 Å². The molecule has 0 saturated carbocycles. The number of amides is 1. The van der Waals surface area contributed by atoms with Crippen molar-refractivity contribution in [2.75, 3.05) is 51.1 Å². The molecule has 0 bridgehead atoms. The molecule has 0 unspecified atom stereocenters. The summed E-state index contributed by atoms with van der Waals surface area (Å²) >= 11 is 0. The Hall–Kier alpha value is -3.49. The lowest BCUT2D eigenvalue weighted by Gasteiger charge is -2.34. The molecule has 3 aromatic carbocycles. The third-order valence-electron chi connectivity index (χ3n) is 7.08. The van der Waals surface area contributed by atoms with E-state index in [-0.39, 0.29) is 10.5 Å². The lowest BCUT2D eigenvalue weighted by Crippen LogP contribution is -2.42. The number of piperidine rings is 1. The normalized spacial score (nSPS) is 17.9. The van der Waals surface area contributed by atoms with Crippen LogP contribution in [0.2, 0.25) is 0 Å². The van der Waals surface area contributed by atoms with Crippen LogP contribution in [0, 0.1) is 11.8 Å². The molecule has 1 aliphatic rings. The van der Waals surface area contributed by atoms with Crippen molar-refractivity contribution in [3.8, 4) is 0 Å². The number of sulfonamides is 1. The molecule has 4 rings (SSSR count). The van der Waals surface area contributed by atoms with Crippen LogP contribution in [-0.4, -0.2) is 65.6 Å². The van der Waals surface area contributed by atoms with Crippen LogP contribution in [0.15, 0.2) is 82.7 Å². The van der Waals surface area contributed by atoms with Crippen LogP contribution in [0.1, 0.15) is 41.8 Å². The molecule has 39 heavy (non-hydrogen) atoms. The van der Waals surface area contributed by atoms with Gasteiger partial charge in [-0.15, -0.1) is 0 Å². The summed E-state index contributed by atoms with van der Waals surface area (Å²) in [7, 11) is 4.17. The summed E-state index contributed by atoms with van der Waals surface area (Å²) in [6.07, 6.45) is 1.01. The minimum atomic E-state index is -3.72. The third-order valence-corrected chi connectivity index (χ3v) is 8.91. The molecule has 3 aromatic rings. The largest absolute Gasteiger partial charge is 0.378 e. The number of carbonyl (C=O) groups is 1. The van der Waals surface area contributed by atoms with E-state index in [0.717, 1.165) is 28.9 Å². The van der Waals surface area contributed by atoms with Gasteiger partial charge >= 0.3 is 0 Å². The monoisotopic (exact) mass is 546 g/mol. The van der Waals surface area contributed by atoms with Crippen molar-refractivity contribution < 1.29 is 13.2 Å². The fraction of sp³-hybridized carbons (Fsp3) is 0.355. The molecule has 1 heterocycles. The molecule has 0 radical (unpaired) electrons. The molecule has 8 heteroatoms. The van der Waals surface area contributed by atoms with Crippen LogP contribution in [-0.2, 0) is 10.0 Å². The number of aliphatic imine (C=N–C) groups is 1. The van der Waals surface area contributed by atoms with E-state index in [0.29, 0.717) is 30.6 Å². The first-order chi connectivity index (χ1) is 18.5. The van der Waals surface area contributed by atoms with Gasteiger partial charge in [0.05, 0.1) is 10.6 Å². The lowest BCUT2D eigenvalue weighted by atomic mass is 9.94. The Morgan fingerprint density at radius 2 is 1.26 bits per heavy atom. The van der Waals surface area contributed by atoms with Crippen molar-refractivity contribution in [1.29, 1.82) is 0 Å². The van der Waals surface area contributed by atoms with E-state index in [1.165, 1.54) is 6.07 Å². The summed E-state index contributed by atoms with van der Waals surface area (Å²) in [5.74, 6) is 0.0901. The van der Waals surface area contributed by atoms with Crippen LogP contribution in [0.3, 0.4) is 0 Å². The molecular formula is C31H38N4O3S. The fourth-order valence-corrected chi connectivity index (χ4v) is 6.76. The smallest absolute Gasteiger partial charge is 0.277 e. The van der Waals surface area contributed by atoms with E-state index in [9.17, 15) is 13.2 Å². The first kappa shape index (κ1) is 28.5. The van der Waals surface area contributed by atoms with Gasteiger partial charge < -0.3 is 9.80 Å². The summed E-state index contributed by atoms with van der Waals surface area (Å²) in [5.41, 5.74) is 4.43. The Bertz CT molecular complexity index is 1380. The molecule has 0 spiro atoms. The van der Waals surface area contributed by atoms with E-state index in [4.69, 9.17) is 0 Å². The summed E-state index contributed by atoms with van der Waals surface area (Å²) in [4.78, 5) is 22.2. The Labute approximate surface area is 232 Å². The van der Waals surface area contributed by atoms with Gasteiger partial charge in [-0.25, -0.2) is 13.4 Å². The van der Waals surface area contributed by atoms with Crippen LogP contribution in [0.5, 0.6) is 0 Å². The van der Waals surface area contributed by atoms with Gasteiger partial charge in [0.25, 0.3) is 5.91 Å². The van der Waals surface area contributed by atoms with E-state index >= 15 is 0 Å². The van der Waals surface area contributed by atoms with Crippen LogP contribution in [0.25, 0.3) is 0 Å². The molecule has 7 nitrogen and oxygen atoms in total. The molecule has 2 atom stereocenters. The van der Waals surface area contributed by atoms with Crippen molar-refractivity contribution in [3.63, 3.8) is 0 Å². The Balaban J connectivity index is 1.72. The van der Waals surface area contributed by atoms with E-state index in [1.807, 2.05) is 86.5 Å². The van der Waals surface area contributed by atoms with Crippen molar-refractivity contribution in [3.05, 3.63) is 89.5 Å². The highest BCUT2D eigenvalue weighted by molar-refractivity contribution is 7.89. The maximum atomic E-state index is 13.5. The van der Waals surface area contributed by atoms with Gasteiger partial charge in [-0.3, -0.25) is 4.79 Å². The van der Waals surface area contributed by atoms with Crippen molar-refractivity contribution in [2.24, 2.45) is 16.8 Å². The highest BCUT2D eigenvalue weighted by Crippen LogP contribution is 2.27. The molecule has 1 saturated heterocycles. The van der Waals surface area contributed by atoms with Crippen LogP contribution < -0.4 is 9.80 Å². The molecular weight excluding hydrogens is 508 g/mol. The zero-order valence-electron chi connectivity index (χ0n) is 23.6. The van der Waals surface area contributed by atoms with Crippen LogP contribution >= 0.6 is 0 Å². The van der Waals surface area contributed by atoms with Gasteiger partial charge in [0, 0.05) is 69.3 Å². The SMILES string of the molecule is C[C@H]1C[C@H](C)CN(S(=O)(=O)c2cccc(C(=O)N=C(c3ccc(N(C)C)cc3)c3ccc(N(C)C)cc3)c2)C1. The van der Waals surface area contributed by atoms with E-state index < -0.39 is 15.9 Å². The first-order valence-electron chi connectivity index (χ1n) is 13.2. The van der Waals surface area contributed by atoms with Gasteiger partial charge in [-0.1, -0.05) is 44.2 Å². The minimum Gasteiger partial charge on any atom is -0.378 e. The van der Waals surface area contributed by atoms with Gasteiger partial charge in [0.15, 0.2) is 0 Å². The molecule has 0 aliphatic carbocycles. The molecule has 206 valence electrons. The predicted molar refractivity (Wildman–Crippen MR) is 160 cm³/mol. The Morgan fingerprint density at radius 1 is 0.769 bits per heavy atom. The van der Waals surface area contributed by atoms with Gasteiger partial charge in [0.2, 0.25) is 10.0 Å². The fourth-order valence-electron chi connectivity index (χ4n) is 5.04. The predicted octanol–water partition coefficient (Wildman–Crippen LogP) is 5.16. The zero-order valence-corrected chi connectivity index (χ0v) is 24.4. The van der Waals surface area contributed by atoms with Gasteiger partial charge in [-0.2, -0.15) is 4.31 Å². The average Bonchev–Trinajstić information content (AvgIpc) is 2.91. The Kier molecular flexibility index (Phi) is 8.57. The summed E-state index contributed by atoms with van der Waals surface area (Å²) < 4.78 is 28.5. The zero-order chi connectivity index (χ0) is 28.3. The van der Waals surface area contributed by atoms with Crippen molar-refractivity contribution in [1.82, 2.24) is 4.31 Å². The molecule has 0 aromatic heterocycles. The molecule has 1 fully saturated rings. The summed E-state index contributed by atoms with van der Waals surface area (Å²) in [6.45, 7) is 5.12. The van der Waals surface area contributed by atoms with E-state index in [1.54, 1.807) is 22.5 Å².